The lowest BCUT2D eigenvalue weighted by molar-refractivity contribution is 0.0505. The lowest BCUT2D eigenvalue weighted by atomic mass is 9.59. The van der Waals surface area contributed by atoms with Crippen molar-refractivity contribution in [3.63, 3.8) is 0 Å². The van der Waals surface area contributed by atoms with Gasteiger partial charge in [-0.05, 0) is 68.2 Å². The minimum absolute atomic E-state index is 0.505. The fraction of sp³-hybridized carbons (Fsp3) is 1.00. The second-order valence-electron chi connectivity index (χ2n) is 6.23. The highest BCUT2D eigenvalue weighted by atomic mass is 14.8. The Morgan fingerprint density at radius 3 is 2.73 bits per heavy atom. The first kappa shape index (κ1) is 10.1. The largest absolute Gasteiger partial charge is 0.330 e. The molecule has 5 atom stereocenters. The van der Waals surface area contributed by atoms with Crippen molar-refractivity contribution in [1.82, 2.24) is 0 Å². The van der Waals surface area contributed by atoms with Crippen molar-refractivity contribution in [3.8, 4) is 0 Å². The molecule has 2 heteroatoms. The summed E-state index contributed by atoms with van der Waals surface area (Å²) in [7, 11) is 0. The van der Waals surface area contributed by atoms with E-state index in [4.69, 9.17) is 11.5 Å². The Balaban J connectivity index is 1.83. The van der Waals surface area contributed by atoms with Gasteiger partial charge in [0.25, 0.3) is 0 Å². The average molecular weight is 208 g/mol. The first-order valence-electron chi connectivity index (χ1n) is 6.72. The Bertz CT molecular complexity index is 249. The highest BCUT2D eigenvalue weighted by Gasteiger charge is 2.57. The van der Waals surface area contributed by atoms with Crippen molar-refractivity contribution in [2.24, 2.45) is 34.6 Å². The van der Waals surface area contributed by atoms with Crippen LogP contribution >= 0.6 is 0 Å². The van der Waals surface area contributed by atoms with E-state index in [0.29, 0.717) is 11.5 Å². The van der Waals surface area contributed by atoms with Crippen molar-refractivity contribution in [2.45, 2.75) is 51.0 Å². The average Bonchev–Trinajstić information content (AvgIpc) is 2.84. The van der Waals surface area contributed by atoms with Crippen molar-refractivity contribution in [2.75, 3.05) is 6.54 Å². The predicted octanol–water partition coefficient (Wildman–Crippen LogP) is 1.88. The van der Waals surface area contributed by atoms with Gasteiger partial charge in [0.1, 0.15) is 0 Å². The molecule has 0 aromatic heterocycles. The zero-order valence-corrected chi connectivity index (χ0v) is 9.62. The third-order valence-corrected chi connectivity index (χ3v) is 5.71. The second kappa shape index (κ2) is 3.46. The fourth-order valence-corrected chi connectivity index (χ4v) is 4.94. The fourth-order valence-electron chi connectivity index (χ4n) is 4.94. The molecule has 3 saturated carbocycles. The molecule has 0 saturated heterocycles. The Kier molecular flexibility index (Phi) is 2.33. The number of nitrogens with two attached hydrogens (primary N) is 2. The molecule has 3 rings (SSSR count). The monoisotopic (exact) mass is 208 g/mol. The molecule has 0 radical (unpaired) electrons. The maximum atomic E-state index is 6.51. The summed E-state index contributed by atoms with van der Waals surface area (Å²) in [6.07, 6.45) is 9.74. The Morgan fingerprint density at radius 1 is 1.20 bits per heavy atom. The maximum absolute atomic E-state index is 6.51. The molecular weight excluding hydrogens is 184 g/mol. The molecule has 2 bridgehead atoms. The van der Waals surface area contributed by atoms with E-state index in [2.05, 4.69) is 0 Å². The molecule has 0 amide bonds. The van der Waals surface area contributed by atoms with Crippen LogP contribution in [-0.4, -0.2) is 12.6 Å². The molecule has 3 fully saturated rings. The van der Waals surface area contributed by atoms with Crippen LogP contribution in [0.3, 0.4) is 0 Å². The van der Waals surface area contributed by atoms with E-state index in [1.807, 2.05) is 0 Å². The molecule has 86 valence electrons. The Morgan fingerprint density at radius 2 is 2.07 bits per heavy atom. The van der Waals surface area contributed by atoms with Gasteiger partial charge in [-0.1, -0.05) is 6.42 Å². The number of hydrogen-bond acceptors (Lipinski definition) is 2. The van der Waals surface area contributed by atoms with Gasteiger partial charge in [-0.3, -0.25) is 0 Å². The zero-order chi connectivity index (χ0) is 10.5. The van der Waals surface area contributed by atoms with Gasteiger partial charge in [-0.2, -0.15) is 0 Å². The first-order chi connectivity index (χ1) is 7.26. The topological polar surface area (TPSA) is 52.0 Å². The molecule has 2 unspecified atom stereocenters. The third-order valence-electron chi connectivity index (χ3n) is 5.71. The zero-order valence-electron chi connectivity index (χ0n) is 9.62. The highest BCUT2D eigenvalue weighted by molar-refractivity contribution is 5.10. The van der Waals surface area contributed by atoms with Gasteiger partial charge >= 0.3 is 0 Å². The van der Waals surface area contributed by atoms with Crippen molar-refractivity contribution in [1.29, 1.82) is 0 Å². The quantitative estimate of drug-likeness (QED) is 0.691. The van der Waals surface area contributed by atoms with E-state index in [-0.39, 0.29) is 0 Å². The SMILES string of the molecule is NC[C@H]1CCC[C@@]2(C1)C1CCC(C1)[C@H]2N. The van der Waals surface area contributed by atoms with Crippen LogP contribution in [0.5, 0.6) is 0 Å². The van der Waals surface area contributed by atoms with Crippen LogP contribution in [0.2, 0.25) is 0 Å². The molecule has 3 aliphatic rings. The van der Waals surface area contributed by atoms with E-state index in [0.717, 1.165) is 24.3 Å². The van der Waals surface area contributed by atoms with Crippen molar-refractivity contribution >= 4 is 0 Å². The molecule has 0 aromatic rings. The first-order valence-corrected chi connectivity index (χ1v) is 6.72. The molecule has 4 N–H and O–H groups in total. The molecule has 1 spiro atoms. The van der Waals surface area contributed by atoms with E-state index in [9.17, 15) is 0 Å². The van der Waals surface area contributed by atoms with Gasteiger partial charge in [-0.25, -0.2) is 0 Å². The Hall–Kier alpha value is -0.0800. The summed E-state index contributed by atoms with van der Waals surface area (Å²) in [5.74, 6) is 2.57. The van der Waals surface area contributed by atoms with Gasteiger partial charge in [0.15, 0.2) is 0 Å². The van der Waals surface area contributed by atoms with Gasteiger partial charge in [0.05, 0.1) is 0 Å². The van der Waals surface area contributed by atoms with Crippen LogP contribution in [-0.2, 0) is 0 Å². The summed E-state index contributed by atoms with van der Waals surface area (Å²) < 4.78 is 0. The summed E-state index contributed by atoms with van der Waals surface area (Å²) in [5, 5.41) is 0. The van der Waals surface area contributed by atoms with Crippen LogP contribution in [0.15, 0.2) is 0 Å². The van der Waals surface area contributed by atoms with Crippen molar-refractivity contribution < 1.29 is 0 Å². The second-order valence-corrected chi connectivity index (χ2v) is 6.23. The summed E-state index contributed by atoms with van der Waals surface area (Å²) >= 11 is 0. The molecule has 0 heterocycles. The van der Waals surface area contributed by atoms with Crippen LogP contribution in [0.25, 0.3) is 0 Å². The maximum Gasteiger partial charge on any atom is 0.0127 e. The standard InChI is InChI=1S/C13H24N2/c14-8-9-2-1-5-13(7-9)11-4-3-10(6-11)12(13)15/h9-12H,1-8,14-15H2/t9-,10?,11?,12+,13+/m0/s1. The molecule has 0 aliphatic heterocycles. The molecule has 2 nitrogen and oxygen atoms in total. The molecule has 0 aromatic carbocycles. The molecule has 15 heavy (non-hydrogen) atoms. The smallest absolute Gasteiger partial charge is 0.0127 e. The van der Waals surface area contributed by atoms with Gasteiger partial charge in [-0.15, -0.1) is 0 Å². The minimum atomic E-state index is 0.505. The summed E-state index contributed by atoms with van der Waals surface area (Å²) in [6, 6.07) is 0.505. The van der Waals surface area contributed by atoms with Gasteiger partial charge < -0.3 is 11.5 Å². The predicted molar refractivity (Wildman–Crippen MR) is 62.3 cm³/mol. The van der Waals surface area contributed by atoms with Crippen molar-refractivity contribution in [3.05, 3.63) is 0 Å². The van der Waals surface area contributed by atoms with Crippen LogP contribution < -0.4 is 11.5 Å². The highest BCUT2D eigenvalue weighted by Crippen LogP contribution is 2.61. The Labute approximate surface area is 92.8 Å². The van der Waals surface area contributed by atoms with Crippen LogP contribution in [0.1, 0.15) is 44.9 Å². The number of hydrogen-bond donors (Lipinski definition) is 2. The summed E-state index contributed by atoms with van der Waals surface area (Å²) in [4.78, 5) is 0. The van der Waals surface area contributed by atoms with Gasteiger partial charge in [0.2, 0.25) is 0 Å². The van der Waals surface area contributed by atoms with E-state index >= 15 is 0 Å². The van der Waals surface area contributed by atoms with E-state index in [1.54, 1.807) is 0 Å². The normalized spacial score (nSPS) is 54.0. The molecular formula is C13H24N2. The van der Waals surface area contributed by atoms with Crippen LogP contribution in [0, 0.1) is 23.2 Å². The van der Waals surface area contributed by atoms with Gasteiger partial charge in [0, 0.05) is 6.04 Å². The summed E-state index contributed by atoms with van der Waals surface area (Å²) in [5.41, 5.74) is 12.9. The van der Waals surface area contributed by atoms with E-state index < -0.39 is 0 Å². The number of rotatable bonds is 1. The van der Waals surface area contributed by atoms with Crippen LogP contribution in [0.4, 0.5) is 0 Å². The minimum Gasteiger partial charge on any atom is -0.330 e. The molecule has 3 aliphatic carbocycles. The third kappa shape index (κ3) is 1.31. The number of fused-ring (bicyclic) bond motifs is 3. The summed E-state index contributed by atoms with van der Waals surface area (Å²) in [6.45, 7) is 0.881. The lowest BCUT2D eigenvalue weighted by Gasteiger charge is -2.47. The lowest BCUT2D eigenvalue weighted by Crippen LogP contribution is -2.49. The van der Waals surface area contributed by atoms with E-state index in [1.165, 1.54) is 44.9 Å².